The predicted molar refractivity (Wildman–Crippen MR) is 91.8 cm³/mol. The molecule has 0 unspecified atom stereocenters. The first-order valence-corrected chi connectivity index (χ1v) is 8.47. The Balaban J connectivity index is 1.65. The van der Waals surface area contributed by atoms with Crippen LogP contribution in [0.15, 0.2) is 24.3 Å². The van der Waals surface area contributed by atoms with E-state index in [0.29, 0.717) is 18.4 Å². The van der Waals surface area contributed by atoms with E-state index in [4.69, 9.17) is 4.74 Å². The summed E-state index contributed by atoms with van der Waals surface area (Å²) in [6.45, 7) is 8.27. The average molecular weight is 317 g/mol. The normalized spacial score (nSPS) is 25.3. The van der Waals surface area contributed by atoms with Gasteiger partial charge in [-0.25, -0.2) is 4.79 Å². The Kier molecular flexibility index (Phi) is 4.87. The number of hydrogen-bond acceptors (Lipinski definition) is 3. The lowest BCUT2D eigenvalue weighted by molar-refractivity contribution is 0.0643. The van der Waals surface area contributed by atoms with Crippen LogP contribution >= 0.6 is 0 Å². The second kappa shape index (κ2) is 6.89. The minimum absolute atomic E-state index is 0.00510. The van der Waals surface area contributed by atoms with Crippen LogP contribution < -0.4 is 5.32 Å². The van der Waals surface area contributed by atoms with Gasteiger partial charge in [0.25, 0.3) is 0 Å². The van der Waals surface area contributed by atoms with E-state index in [2.05, 4.69) is 43.2 Å². The Hall–Kier alpha value is -1.59. The van der Waals surface area contributed by atoms with Gasteiger partial charge in [0.2, 0.25) is 0 Å². The summed E-state index contributed by atoms with van der Waals surface area (Å²) in [6.07, 6.45) is 0. The smallest absolute Gasteiger partial charge is 0.321 e. The standard InChI is InChI=1S/C18H27N3O2/c1-13(2)15-4-6-16(7-5-15)19-18(22)21-9-14-8-20(3)17(10-21)12-23-11-14/h4-7,13-14,17H,8-12H2,1-3H3,(H,19,22)/t14-,17+/m1/s1. The van der Waals surface area contributed by atoms with E-state index < -0.39 is 0 Å². The van der Waals surface area contributed by atoms with Crippen molar-refractivity contribution in [3.63, 3.8) is 0 Å². The van der Waals surface area contributed by atoms with Gasteiger partial charge in [-0.1, -0.05) is 26.0 Å². The number of likely N-dealkylation sites (N-methyl/N-ethyl adjacent to an activating group) is 1. The van der Waals surface area contributed by atoms with Crippen LogP contribution in [0.2, 0.25) is 0 Å². The lowest BCUT2D eigenvalue weighted by atomic mass is 10.0. The lowest BCUT2D eigenvalue weighted by Crippen LogP contribution is -2.46. The summed E-state index contributed by atoms with van der Waals surface area (Å²) >= 11 is 0. The molecule has 2 saturated heterocycles. The van der Waals surface area contributed by atoms with Crippen molar-refractivity contribution in [2.24, 2.45) is 5.92 Å². The number of benzene rings is 1. The molecule has 0 aliphatic carbocycles. The van der Waals surface area contributed by atoms with Crippen LogP contribution in [0.25, 0.3) is 0 Å². The molecule has 2 bridgehead atoms. The number of hydrogen-bond donors (Lipinski definition) is 1. The van der Waals surface area contributed by atoms with E-state index in [1.165, 1.54) is 5.56 Å². The van der Waals surface area contributed by atoms with Crippen LogP contribution in [-0.4, -0.2) is 61.8 Å². The van der Waals surface area contributed by atoms with Crippen molar-refractivity contribution in [2.45, 2.75) is 25.8 Å². The third-order valence-electron chi connectivity index (χ3n) is 4.86. The Bertz CT molecular complexity index is 544. The number of anilines is 1. The number of amides is 2. The fraction of sp³-hybridized carbons (Fsp3) is 0.611. The first kappa shape index (κ1) is 16.3. The highest BCUT2D eigenvalue weighted by Crippen LogP contribution is 2.20. The van der Waals surface area contributed by atoms with Gasteiger partial charge in [0, 0.05) is 31.2 Å². The summed E-state index contributed by atoms with van der Waals surface area (Å²) in [5.41, 5.74) is 2.14. The molecular weight excluding hydrogens is 290 g/mol. The average Bonchev–Trinajstić information content (AvgIpc) is 2.76. The quantitative estimate of drug-likeness (QED) is 0.912. The Labute approximate surface area is 138 Å². The number of nitrogens with one attached hydrogen (secondary N) is 1. The van der Waals surface area contributed by atoms with E-state index in [9.17, 15) is 4.79 Å². The molecule has 0 spiro atoms. The molecule has 2 aliphatic rings. The van der Waals surface area contributed by atoms with Crippen molar-refractivity contribution in [3.05, 3.63) is 29.8 Å². The highest BCUT2D eigenvalue weighted by Gasteiger charge is 2.33. The molecule has 1 aromatic carbocycles. The highest BCUT2D eigenvalue weighted by molar-refractivity contribution is 5.89. The largest absolute Gasteiger partial charge is 0.379 e. The van der Waals surface area contributed by atoms with E-state index in [-0.39, 0.29) is 12.1 Å². The number of carbonyl (C=O) groups is 1. The second-order valence-electron chi connectivity index (χ2n) is 7.11. The van der Waals surface area contributed by atoms with Crippen LogP contribution in [0.5, 0.6) is 0 Å². The number of nitrogens with zero attached hydrogens (tertiary/aromatic N) is 2. The number of urea groups is 1. The molecular formula is C18H27N3O2. The first-order valence-electron chi connectivity index (χ1n) is 8.47. The SMILES string of the molecule is CC(C)c1ccc(NC(=O)N2C[C@@H]3COC[C@H](C2)N(C)C3)cc1. The fourth-order valence-electron chi connectivity index (χ4n) is 3.37. The maximum absolute atomic E-state index is 12.6. The van der Waals surface area contributed by atoms with Crippen molar-refractivity contribution < 1.29 is 9.53 Å². The molecule has 2 aliphatic heterocycles. The zero-order valence-corrected chi connectivity index (χ0v) is 14.3. The van der Waals surface area contributed by atoms with Gasteiger partial charge < -0.3 is 15.0 Å². The molecule has 2 atom stereocenters. The molecule has 126 valence electrons. The van der Waals surface area contributed by atoms with Gasteiger partial charge in [0.1, 0.15) is 0 Å². The first-order chi connectivity index (χ1) is 11.0. The summed E-state index contributed by atoms with van der Waals surface area (Å²) in [4.78, 5) is 16.9. The van der Waals surface area contributed by atoms with Crippen LogP contribution in [-0.2, 0) is 4.74 Å². The second-order valence-corrected chi connectivity index (χ2v) is 7.11. The van der Waals surface area contributed by atoms with Crippen molar-refractivity contribution in [3.8, 4) is 0 Å². The van der Waals surface area contributed by atoms with E-state index >= 15 is 0 Å². The third kappa shape index (κ3) is 3.85. The molecule has 2 heterocycles. The monoisotopic (exact) mass is 317 g/mol. The molecule has 5 heteroatoms. The van der Waals surface area contributed by atoms with Gasteiger partial charge in [0.05, 0.1) is 19.3 Å². The lowest BCUT2D eigenvalue weighted by Gasteiger charge is -2.29. The molecule has 2 amide bonds. The number of rotatable bonds is 2. The Morgan fingerprint density at radius 1 is 1.17 bits per heavy atom. The number of fused-ring (bicyclic) bond motifs is 3. The zero-order valence-electron chi connectivity index (χ0n) is 14.3. The molecule has 5 nitrogen and oxygen atoms in total. The molecule has 2 fully saturated rings. The summed E-state index contributed by atoms with van der Waals surface area (Å²) < 4.78 is 5.71. The van der Waals surface area contributed by atoms with Gasteiger partial charge in [-0.3, -0.25) is 4.90 Å². The maximum atomic E-state index is 12.6. The highest BCUT2D eigenvalue weighted by atomic mass is 16.5. The zero-order chi connectivity index (χ0) is 16.4. The van der Waals surface area contributed by atoms with E-state index in [1.807, 2.05) is 17.0 Å². The number of ether oxygens (including phenoxy) is 1. The molecule has 0 aromatic heterocycles. The summed E-state index contributed by atoms with van der Waals surface area (Å²) in [5.74, 6) is 0.891. The molecule has 0 saturated carbocycles. The number of carbonyl (C=O) groups excluding carboxylic acids is 1. The van der Waals surface area contributed by atoms with Crippen LogP contribution in [0.3, 0.4) is 0 Å². The Morgan fingerprint density at radius 3 is 2.61 bits per heavy atom. The van der Waals surface area contributed by atoms with Crippen molar-refractivity contribution in [2.75, 3.05) is 45.2 Å². The fourth-order valence-corrected chi connectivity index (χ4v) is 3.37. The maximum Gasteiger partial charge on any atom is 0.321 e. The minimum atomic E-state index is -0.00510. The molecule has 0 radical (unpaired) electrons. The topological polar surface area (TPSA) is 44.8 Å². The van der Waals surface area contributed by atoms with Crippen molar-refractivity contribution in [1.82, 2.24) is 9.80 Å². The van der Waals surface area contributed by atoms with Crippen LogP contribution in [0.4, 0.5) is 10.5 Å². The summed E-state index contributed by atoms with van der Waals surface area (Å²) in [6, 6.07) is 8.42. The third-order valence-corrected chi connectivity index (χ3v) is 4.86. The molecule has 3 rings (SSSR count). The van der Waals surface area contributed by atoms with Gasteiger partial charge >= 0.3 is 6.03 Å². The minimum Gasteiger partial charge on any atom is -0.379 e. The summed E-state index contributed by atoms with van der Waals surface area (Å²) in [7, 11) is 2.12. The van der Waals surface area contributed by atoms with E-state index in [1.54, 1.807) is 0 Å². The Morgan fingerprint density at radius 2 is 1.91 bits per heavy atom. The van der Waals surface area contributed by atoms with Gasteiger partial charge in [-0.2, -0.15) is 0 Å². The van der Waals surface area contributed by atoms with Gasteiger partial charge in [-0.15, -0.1) is 0 Å². The van der Waals surface area contributed by atoms with Crippen LogP contribution in [0, 0.1) is 5.92 Å². The summed E-state index contributed by atoms with van der Waals surface area (Å²) in [5, 5.41) is 3.04. The van der Waals surface area contributed by atoms with Crippen molar-refractivity contribution >= 4 is 11.7 Å². The van der Waals surface area contributed by atoms with Gasteiger partial charge in [0.15, 0.2) is 0 Å². The van der Waals surface area contributed by atoms with Crippen LogP contribution in [0.1, 0.15) is 25.3 Å². The van der Waals surface area contributed by atoms with Gasteiger partial charge in [-0.05, 0) is 30.7 Å². The molecule has 1 aromatic rings. The molecule has 23 heavy (non-hydrogen) atoms. The molecule has 1 N–H and O–H groups in total. The predicted octanol–water partition coefficient (Wildman–Crippen LogP) is 2.60. The van der Waals surface area contributed by atoms with E-state index in [0.717, 1.165) is 31.9 Å². The van der Waals surface area contributed by atoms with Crippen molar-refractivity contribution in [1.29, 1.82) is 0 Å².